The highest BCUT2D eigenvalue weighted by molar-refractivity contribution is 5.76. The standard InChI is InChI=1S/C14H24N2O3/c17-12(6-11-8-15-9-11)16-10-14(7-13(18)19)4-2-1-3-5-14/h11,15H,1-10H2,(H,16,17)(H,18,19). The molecule has 0 radical (unpaired) electrons. The van der Waals surface area contributed by atoms with Gasteiger partial charge in [0.1, 0.15) is 0 Å². The molecular formula is C14H24N2O3. The molecule has 0 aromatic rings. The zero-order chi connectivity index (χ0) is 13.7. The number of amides is 1. The number of carboxylic acid groups (broad SMARTS) is 1. The van der Waals surface area contributed by atoms with Gasteiger partial charge in [-0.05, 0) is 37.3 Å². The van der Waals surface area contributed by atoms with E-state index in [1.807, 2.05) is 0 Å². The minimum absolute atomic E-state index is 0.0711. The lowest BCUT2D eigenvalue weighted by Crippen LogP contribution is -2.46. The van der Waals surface area contributed by atoms with E-state index in [2.05, 4.69) is 10.6 Å². The summed E-state index contributed by atoms with van der Waals surface area (Å²) < 4.78 is 0. The van der Waals surface area contributed by atoms with E-state index in [0.29, 0.717) is 18.9 Å². The number of hydrogen-bond acceptors (Lipinski definition) is 3. The van der Waals surface area contributed by atoms with Gasteiger partial charge in [0.2, 0.25) is 5.91 Å². The molecule has 0 unspecified atom stereocenters. The number of nitrogens with one attached hydrogen (secondary N) is 2. The summed E-state index contributed by atoms with van der Waals surface area (Å²) in [7, 11) is 0. The van der Waals surface area contributed by atoms with Crippen LogP contribution in [0.5, 0.6) is 0 Å². The van der Waals surface area contributed by atoms with E-state index in [4.69, 9.17) is 5.11 Å². The maximum Gasteiger partial charge on any atom is 0.303 e. The molecule has 2 aliphatic rings. The van der Waals surface area contributed by atoms with Crippen LogP contribution in [0.1, 0.15) is 44.9 Å². The van der Waals surface area contributed by atoms with Crippen LogP contribution in [0, 0.1) is 11.3 Å². The molecular weight excluding hydrogens is 244 g/mol. The molecule has 1 heterocycles. The second-order valence-corrected chi connectivity index (χ2v) is 6.14. The van der Waals surface area contributed by atoms with Gasteiger partial charge in [-0.1, -0.05) is 19.3 Å². The molecule has 1 aliphatic heterocycles. The van der Waals surface area contributed by atoms with Crippen molar-refractivity contribution in [3.63, 3.8) is 0 Å². The fraction of sp³-hybridized carbons (Fsp3) is 0.857. The first-order valence-electron chi connectivity index (χ1n) is 7.29. The van der Waals surface area contributed by atoms with Gasteiger partial charge in [-0.15, -0.1) is 0 Å². The van der Waals surface area contributed by atoms with Crippen LogP contribution >= 0.6 is 0 Å². The van der Waals surface area contributed by atoms with Crippen molar-refractivity contribution < 1.29 is 14.7 Å². The lowest BCUT2D eigenvalue weighted by molar-refractivity contribution is -0.140. The van der Waals surface area contributed by atoms with Gasteiger partial charge >= 0.3 is 5.97 Å². The zero-order valence-electron chi connectivity index (χ0n) is 11.4. The van der Waals surface area contributed by atoms with Crippen LogP contribution in [-0.2, 0) is 9.59 Å². The molecule has 108 valence electrons. The third-order valence-corrected chi connectivity index (χ3v) is 4.44. The van der Waals surface area contributed by atoms with Crippen LogP contribution in [0.15, 0.2) is 0 Å². The van der Waals surface area contributed by atoms with Crippen molar-refractivity contribution in [2.45, 2.75) is 44.9 Å². The van der Waals surface area contributed by atoms with E-state index >= 15 is 0 Å². The van der Waals surface area contributed by atoms with Crippen LogP contribution in [0.2, 0.25) is 0 Å². The van der Waals surface area contributed by atoms with Gasteiger partial charge in [-0.3, -0.25) is 9.59 Å². The second-order valence-electron chi connectivity index (χ2n) is 6.14. The van der Waals surface area contributed by atoms with Gasteiger partial charge in [0, 0.05) is 13.0 Å². The first-order valence-corrected chi connectivity index (χ1v) is 7.29. The molecule has 3 N–H and O–H groups in total. The van der Waals surface area contributed by atoms with E-state index in [9.17, 15) is 9.59 Å². The average Bonchev–Trinajstić information content (AvgIpc) is 2.32. The maximum absolute atomic E-state index is 11.8. The Morgan fingerprint density at radius 3 is 2.42 bits per heavy atom. The molecule has 0 aromatic heterocycles. The lowest BCUT2D eigenvalue weighted by Gasteiger charge is -2.36. The third kappa shape index (κ3) is 4.20. The zero-order valence-corrected chi connectivity index (χ0v) is 11.4. The number of aliphatic carboxylic acids is 1. The van der Waals surface area contributed by atoms with Gasteiger partial charge in [-0.25, -0.2) is 0 Å². The van der Waals surface area contributed by atoms with E-state index in [1.165, 1.54) is 6.42 Å². The Morgan fingerprint density at radius 1 is 1.21 bits per heavy atom. The van der Waals surface area contributed by atoms with Crippen molar-refractivity contribution in [1.29, 1.82) is 0 Å². The monoisotopic (exact) mass is 268 g/mol. The predicted octanol–water partition coefficient (Wildman–Crippen LogP) is 1.14. The molecule has 2 rings (SSSR count). The molecule has 1 aliphatic carbocycles. The molecule has 0 aromatic carbocycles. The van der Waals surface area contributed by atoms with Crippen molar-refractivity contribution in [2.24, 2.45) is 11.3 Å². The minimum atomic E-state index is -0.751. The van der Waals surface area contributed by atoms with Crippen molar-refractivity contribution >= 4 is 11.9 Å². The predicted molar refractivity (Wildman–Crippen MR) is 71.8 cm³/mol. The number of rotatable bonds is 6. The summed E-state index contributed by atoms with van der Waals surface area (Å²) in [6.07, 6.45) is 5.93. The number of carbonyl (C=O) groups excluding carboxylic acids is 1. The topological polar surface area (TPSA) is 78.4 Å². The fourth-order valence-electron chi connectivity index (χ4n) is 3.15. The van der Waals surface area contributed by atoms with E-state index in [0.717, 1.165) is 38.8 Å². The van der Waals surface area contributed by atoms with Crippen LogP contribution in [-0.4, -0.2) is 36.6 Å². The Bertz CT molecular complexity index is 334. The van der Waals surface area contributed by atoms with Gasteiger partial charge < -0.3 is 15.7 Å². The highest BCUT2D eigenvalue weighted by Gasteiger charge is 2.35. The Kier molecular flexibility index (Phi) is 4.80. The Balaban J connectivity index is 1.81. The molecule has 5 heteroatoms. The largest absolute Gasteiger partial charge is 0.481 e. The maximum atomic E-state index is 11.8. The van der Waals surface area contributed by atoms with E-state index in [1.54, 1.807) is 0 Å². The molecule has 0 bridgehead atoms. The van der Waals surface area contributed by atoms with E-state index in [-0.39, 0.29) is 17.7 Å². The van der Waals surface area contributed by atoms with Crippen molar-refractivity contribution in [1.82, 2.24) is 10.6 Å². The van der Waals surface area contributed by atoms with Crippen molar-refractivity contribution in [2.75, 3.05) is 19.6 Å². The highest BCUT2D eigenvalue weighted by atomic mass is 16.4. The smallest absolute Gasteiger partial charge is 0.303 e. The minimum Gasteiger partial charge on any atom is -0.481 e. The van der Waals surface area contributed by atoms with Crippen molar-refractivity contribution in [3.8, 4) is 0 Å². The highest BCUT2D eigenvalue weighted by Crippen LogP contribution is 2.38. The molecule has 19 heavy (non-hydrogen) atoms. The number of carbonyl (C=O) groups is 2. The van der Waals surface area contributed by atoms with Gasteiger partial charge in [0.05, 0.1) is 6.42 Å². The van der Waals surface area contributed by atoms with Crippen LogP contribution in [0.25, 0.3) is 0 Å². The third-order valence-electron chi connectivity index (χ3n) is 4.44. The van der Waals surface area contributed by atoms with Crippen LogP contribution in [0.4, 0.5) is 0 Å². The van der Waals surface area contributed by atoms with Gasteiger partial charge in [0.15, 0.2) is 0 Å². The average molecular weight is 268 g/mol. The van der Waals surface area contributed by atoms with Gasteiger partial charge in [-0.2, -0.15) is 0 Å². The summed E-state index contributed by atoms with van der Waals surface area (Å²) in [6.45, 7) is 2.37. The van der Waals surface area contributed by atoms with Crippen molar-refractivity contribution in [3.05, 3.63) is 0 Å². The second kappa shape index (κ2) is 6.37. The Hall–Kier alpha value is -1.10. The van der Waals surface area contributed by atoms with Gasteiger partial charge in [0.25, 0.3) is 0 Å². The quantitative estimate of drug-likeness (QED) is 0.675. The Morgan fingerprint density at radius 2 is 1.89 bits per heavy atom. The first-order chi connectivity index (χ1) is 9.10. The first kappa shape index (κ1) is 14.3. The molecule has 1 saturated heterocycles. The molecule has 1 saturated carbocycles. The summed E-state index contributed by atoms with van der Waals surface area (Å²) in [6, 6.07) is 0. The summed E-state index contributed by atoms with van der Waals surface area (Å²) in [5, 5.41) is 15.2. The SMILES string of the molecule is O=C(O)CC1(CNC(=O)CC2CNC2)CCCCC1. The summed E-state index contributed by atoms with van der Waals surface area (Å²) in [4.78, 5) is 22.9. The Labute approximate surface area is 114 Å². The molecule has 5 nitrogen and oxygen atoms in total. The molecule has 0 spiro atoms. The lowest BCUT2D eigenvalue weighted by atomic mass is 9.71. The summed E-state index contributed by atoms with van der Waals surface area (Å²) in [5.74, 6) is -0.219. The summed E-state index contributed by atoms with van der Waals surface area (Å²) in [5.41, 5.74) is -0.211. The van der Waals surface area contributed by atoms with E-state index < -0.39 is 5.97 Å². The molecule has 0 atom stereocenters. The molecule has 1 amide bonds. The fourth-order valence-corrected chi connectivity index (χ4v) is 3.15. The summed E-state index contributed by atoms with van der Waals surface area (Å²) >= 11 is 0. The van der Waals surface area contributed by atoms with Crippen LogP contribution < -0.4 is 10.6 Å². The van der Waals surface area contributed by atoms with Crippen LogP contribution in [0.3, 0.4) is 0 Å². The number of carboxylic acids is 1. The molecule has 2 fully saturated rings. The number of hydrogen-bond donors (Lipinski definition) is 3. The normalized spacial score (nSPS) is 22.5.